The second kappa shape index (κ2) is 4.96. The van der Waals surface area contributed by atoms with Crippen LogP contribution in [-0.2, 0) is 21.9 Å². The van der Waals surface area contributed by atoms with Gasteiger partial charge in [-0.3, -0.25) is 9.48 Å². The smallest absolute Gasteiger partial charge is 0.308 e. The van der Waals surface area contributed by atoms with Gasteiger partial charge in [-0.25, -0.2) is 13.1 Å². The third-order valence-electron chi connectivity index (χ3n) is 4.59. The van der Waals surface area contributed by atoms with E-state index in [1.54, 1.807) is 0 Å². The number of fused-ring (bicyclic) bond motifs is 2. The molecule has 3 rings (SSSR count). The van der Waals surface area contributed by atoms with Gasteiger partial charge in [0.15, 0.2) is 5.03 Å². The van der Waals surface area contributed by atoms with Crippen molar-refractivity contribution in [3.8, 4) is 0 Å². The van der Waals surface area contributed by atoms with Crippen molar-refractivity contribution in [2.45, 2.75) is 30.3 Å². The van der Waals surface area contributed by atoms with Gasteiger partial charge in [-0.05, 0) is 31.1 Å². The molecule has 0 radical (unpaired) electrons. The molecule has 1 aromatic heterocycles. The van der Waals surface area contributed by atoms with E-state index < -0.39 is 28.0 Å². The van der Waals surface area contributed by atoms with Crippen LogP contribution in [0.2, 0.25) is 5.02 Å². The molecule has 0 aromatic carbocycles. The van der Waals surface area contributed by atoms with Crippen LogP contribution in [0, 0.1) is 17.8 Å². The highest BCUT2D eigenvalue weighted by molar-refractivity contribution is 7.89. The average molecular weight is 334 g/mol. The van der Waals surface area contributed by atoms with Crippen LogP contribution in [0.3, 0.4) is 0 Å². The highest BCUT2D eigenvalue weighted by atomic mass is 35.5. The van der Waals surface area contributed by atoms with Gasteiger partial charge in [0, 0.05) is 13.1 Å². The van der Waals surface area contributed by atoms with E-state index in [0.717, 1.165) is 19.3 Å². The lowest BCUT2D eigenvalue weighted by Gasteiger charge is -2.28. The SMILES string of the molecule is Cn1ncc(Cl)c1S(=O)(=O)NC1C2CCC(C2)C1C(=O)O. The summed E-state index contributed by atoms with van der Waals surface area (Å²) in [6.07, 6.45) is 3.74. The highest BCUT2D eigenvalue weighted by Gasteiger charge is 2.52. The Morgan fingerprint density at radius 2 is 2.14 bits per heavy atom. The normalized spacial score (nSPS) is 31.7. The number of rotatable bonds is 4. The van der Waals surface area contributed by atoms with E-state index in [0.29, 0.717) is 0 Å². The van der Waals surface area contributed by atoms with Crippen molar-refractivity contribution in [2.75, 3.05) is 0 Å². The third-order valence-corrected chi connectivity index (χ3v) is 6.55. The second-order valence-electron chi connectivity index (χ2n) is 5.77. The van der Waals surface area contributed by atoms with Crippen molar-refractivity contribution in [3.63, 3.8) is 0 Å². The van der Waals surface area contributed by atoms with Gasteiger partial charge >= 0.3 is 5.97 Å². The average Bonchev–Trinajstić information content (AvgIpc) is 3.03. The lowest BCUT2D eigenvalue weighted by molar-refractivity contribution is -0.144. The van der Waals surface area contributed by atoms with Crippen LogP contribution in [-0.4, -0.2) is 35.3 Å². The molecule has 116 valence electrons. The molecular formula is C12H16ClN3O4S. The summed E-state index contributed by atoms with van der Waals surface area (Å²) in [5, 5.41) is 13.1. The number of halogens is 1. The van der Waals surface area contributed by atoms with Crippen molar-refractivity contribution in [1.29, 1.82) is 0 Å². The molecule has 4 atom stereocenters. The predicted molar refractivity (Wildman–Crippen MR) is 74.3 cm³/mol. The third kappa shape index (κ3) is 2.35. The Morgan fingerprint density at radius 3 is 2.71 bits per heavy atom. The highest BCUT2D eigenvalue weighted by Crippen LogP contribution is 2.49. The molecule has 0 aliphatic heterocycles. The Morgan fingerprint density at radius 1 is 1.48 bits per heavy atom. The zero-order valence-corrected chi connectivity index (χ0v) is 12.9. The van der Waals surface area contributed by atoms with E-state index in [4.69, 9.17) is 11.6 Å². The summed E-state index contributed by atoms with van der Waals surface area (Å²) in [6, 6.07) is -0.572. The maximum absolute atomic E-state index is 12.5. The largest absolute Gasteiger partial charge is 0.481 e. The molecular weight excluding hydrogens is 318 g/mol. The topological polar surface area (TPSA) is 101 Å². The molecule has 9 heteroatoms. The number of aryl methyl sites for hydroxylation is 1. The monoisotopic (exact) mass is 333 g/mol. The molecule has 0 saturated heterocycles. The lowest BCUT2D eigenvalue weighted by atomic mass is 9.85. The first-order valence-corrected chi connectivity index (χ1v) is 8.60. The summed E-state index contributed by atoms with van der Waals surface area (Å²) >= 11 is 5.87. The predicted octanol–water partition coefficient (Wildman–Crippen LogP) is 0.851. The Balaban J connectivity index is 1.91. The lowest BCUT2D eigenvalue weighted by Crippen LogP contribution is -2.47. The Bertz CT molecular complexity index is 667. The first-order valence-electron chi connectivity index (χ1n) is 6.74. The summed E-state index contributed by atoms with van der Waals surface area (Å²) in [4.78, 5) is 11.4. The first-order chi connectivity index (χ1) is 9.81. The molecule has 0 spiro atoms. The van der Waals surface area contributed by atoms with Gasteiger partial charge in [-0.2, -0.15) is 5.10 Å². The van der Waals surface area contributed by atoms with Gasteiger partial charge < -0.3 is 5.11 Å². The summed E-state index contributed by atoms with van der Waals surface area (Å²) in [5.41, 5.74) is 0. The number of sulfonamides is 1. The summed E-state index contributed by atoms with van der Waals surface area (Å²) in [5.74, 6) is -1.46. The quantitative estimate of drug-likeness (QED) is 0.850. The molecule has 2 saturated carbocycles. The standard InChI is InChI=1S/C12H16ClN3O4S/c1-16-11(8(13)5-14-16)21(19,20)15-10-7-3-2-6(4-7)9(10)12(17)18/h5-7,9-10,15H,2-4H2,1H3,(H,17,18). The van der Waals surface area contributed by atoms with Crippen LogP contribution in [0.1, 0.15) is 19.3 Å². The summed E-state index contributed by atoms with van der Waals surface area (Å²) < 4.78 is 28.7. The molecule has 7 nitrogen and oxygen atoms in total. The minimum atomic E-state index is -3.90. The van der Waals surface area contributed by atoms with Crippen LogP contribution < -0.4 is 4.72 Å². The fraction of sp³-hybridized carbons (Fsp3) is 0.667. The second-order valence-corrected chi connectivity index (χ2v) is 7.80. The van der Waals surface area contributed by atoms with Crippen LogP contribution in [0.15, 0.2) is 11.2 Å². The molecule has 2 aliphatic rings. The van der Waals surface area contributed by atoms with Gasteiger partial charge in [-0.1, -0.05) is 11.6 Å². The maximum Gasteiger partial charge on any atom is 0.308 e. The Labute approximate surface area is 127 Å². The Kier molecular flexibility index (Phi) is 3.50. The molecule has 0 amide bonds. The zero-order chi connectivity index (χ0) is 15.4. The van der Waals surface area contributed by atoms with Crippen molar-refractivity contribution >= 4 is 27.6 Å². The minimum absolute atomic E-state index is 0.0278. The minimum Gasteiger partial charge on any atom is -0.481 e. The Hall–Kier alpha value is -1.12. The van der Waals surface area contributed by atoms with E-state index in [-0.39, 0.29) is 21.9 Å². The fourth-order valence-electron chi connectivity index (χ4n) is 3.75. The molecule has 1 aromatic rings. The summed E-state index contributed by atoms with van der Waals surface area (Å²) in [7, 11) is -2.41. The molecule has 21 heavy (non-hydrogen) atoms. The molecule has 4 unspecified atom stereocenters. The van der Waals surface area contributed by atoms with Crippen LogP contribution in [0.4, 0.5) is 0 Å². The number of aromatic nitrogens is 2. The van der Waals surface area contributed by atoms with Crippen molar-refractivity contribution < 1.29 is 18.3 Å². The van der Waals surface area contributed by atoms with E-state index in [9.17, 15) is 18.3 Å². The van der Waals surface area contributed by atoms with Crippen molar-refractivity contribution in [1.82, 2.24) is 14.5 Å². The number of hydrogen-bond donors (Lipinski definition) is 2. The van der Waals surface area contributed by atoms with Gasteiger partial charge in [0.05, 0.1) is 17.1 Å². The number of carboxylic acids is 1. The van der Waals surface area contributed by atoms with E-state index in [1.807, 2.05) is 0 Å². The molecule has 2 bridgehead atoms. The van der Waals surface area contributed by atoms with Gasteiger partial charge in [0.25, 0.3) is 10.0 Å². The van der Waals surface area contributed by atoms with Crippen LogP contribution in [0.25, 0.3) is 0 Å². The number of carbonyl (C=O) groups is 1. The van der Waals surface area contributed by atoms with Crippen molar-refractivity contribution in [2.24, 2.45) is 24.8 Å². The van der Waals surface area contributed by atoms with E-state index >= 15 is 0 Å². The number of nitrogens with one attached hydrogen (secondary N) is 1. The first kappa shape index (κ1) is 14.8. The maximum atomic E-state index is 12.5. The molecule has 2 N–H and O–H groups in total. The number of carboxylic acid groups (broad SMARTS) is 1. The van der Waals surface area contributed by atoms with Gasteiger partial charge in [-0.15, -0.1) is 0 Å². The van der Waals surface area contributed by atoms with Crippen LogP contribution >= 0.6 is 11.6 Å². The summed E-state index contributed by atoms with van der Waals surface area (Å²) in [6.45, 7) is 0. The van der Waals surface area contributed by atoms with Crippen LogP contribution in [0.5, 0.6) is 0 Å². The number of hydrogen-bond acceptors (Lipinski definition) is 4. The number of aliphatic carboxylic acids is 1. The van der Waals surface area contributed by atoms with E-state index in [1.165, 1.54) is 17.9 Å². The molecule has 2 fully saturated rings. The zero-order valence-electron chi connectivity index (χ0n) is 11.4. The van der Waals surface area contributed by atoms with Gasteiger partial charge in [0.2, 0.25) is 0 Å². The van der Waals surface area contributed by atoms with Crippen molar-refractivity contribution in [3.05, 3.63) is 11.2 Å². The van der Waals surface area contributed by atoms with Gasteiger partial charge in [0.1, 0.15) is 0 Å². The number of nitrogens with zero attached hydrogens (tertiary/aromatic N) is 2. The molecule has 1 heterocycles. The van der Waals surface area contributed by atoms with E-state index in [2.05, 4.69) is 9.82 Å². The fourth-order valence-corrected chi connectivity index (χ4v) is 5.74. The molecule has 2 aliphatic carbocycles.